The molecule has 0 aliphatic heterocycles. The number of benzene rings is 1. The van der Waals surface area contributed by atoms with E-state index in [-0.39, 0.29) is 11.7 Å². The maximum atomic E-state index is 12.3. The zero-order valence-electron chi connectivity index (χ0n) is 10.1. The average Bonchev–Trinajstić information content (AvgIpc) is 2.35. The number of hydrogen-bond donors (Lipinski definition) is 0. The Kier molecular flexibility index (Phi) is 5.59. The molecule has 0 aliphatic rings. The summed E-state index contributed by atoms with van der Waals surface area (Å²) in [5.74, 6) is -0.149. The van der Waals surface area contributed by atoms with E-state index in [0.717, 1.165) is 15.3 Å². The zero-order chi connectivity index (χ0) is 12.8. The fraction of sp³-hybridized carbons (Fsp3) is 0.286. The van der Waals surface area contributed by atoms with Crippen molar-refractivity contribution in [1.82, 2.24) is 0 Å². The minimum absolute atomic E-state index is 0.0873. The third-order valence-corrected chi connectivity index (χ3v) is 4.01. The molecule has 0 amide bonds. The number of thiocarbonyl (C=S) groups is 1. The molecule has 1 nitrogen and oxygen atoms in total. The topological polar surface area (TPSA) is 17.1 Å². The van der Waals surface area contributed by atoms with Crippen LogP contribution in [0.2, 0.25) is 0 Å². The van der Waals surface area contributed by atoms with Crippen LogP contribution >= 0.6 is 24.0 Å². The van der Waals surface area contributed by atoms with Crippen molar-refractivity contribution < 1.29 is 4.79 Å². The lowest BCUT2D eigenvalue weighted by Crippen LogP contribution is -2.20. The number of rotatable bonds is 5. The highest BCUT2D eigenvalue weighted by Gasteiger charge is 2.22. The van der Waals surface area contributed by atoms with Gasteiger partial charge in [0.05, 0.1) is 10.1 Å². The lowest BCUT2D eigenvalue weighted by Gasteiger charge is -2.13. The summed E-state index contributed by atoms with van der Waals surface area (Å²) >= 11 is 6.70. The normalized spacial score (nSPS) is 11.9. The third kappa shape index (κ3) is 3.79. The van der Waals surface area contributed by atoms with Crippen molar-refractivity contribution >= 4 is 34.0 Å². The van der Waals surface area contributed by atoms with Crippen molar-refractivity contribution in [3.63, 3.8) is 0 Å². The van der Waals surface area contributed by atoms with E-state index >= 15 is 0 Å². The van der Waals surface area contributed by atoms with E-state index in [0.29, 0.717) is 6.42 Å². The standard InChI is InChI=1S/C14H16OS2/c1-4-5-12(14(16)17-3)13(15)11-8-6-10(2)7-9-11/h4,6-9,12H,1,5H2,2-3H3. The fourth-order valence-corrected chi connectivity index (χ4v) is 2.23. The highest BCUT2D eigenvalue weighted by molar-refractivity contribution is 8.22. The van der Waals surface area contributed by atoms with E-state index in [1.54, 1.807) is 6.08 Å². The summed E-state index contributed by atoms with van der Waals surface area (Å²) < 4.78 is 0.732. The second-order valence-corrected chi connectivity index (χ2v) is 5.38. The molecule has 0 aliphatic carbocycles. The summed E-state index contributed by atoms with van der Waals surface area (Å²) in [4.78, 5) is 12.3. The second kappa shape index (κ2) is 6.72. The number of aryl methyl sites for hydroxylation is 1. The van der Waals surface area contributed by atoms with Gasteiger partial charge in [0.1, 0.15) is 0 Å². The van der Waals surface area contributed by atoms with Gasteiger partial charge < -0.3 is 0 Å². The monoisotopic (exact) mass is 264 g/mol. The molecule has 0 radical (unpaired) electrons. The molecular weight excluding hydrogens is 248 g/mol. The molecular formula is C14H16OS2. The minimum Gasteiger partial charge on any atom is -0.293 e. The molecule has 0 N–H and O–H groups in total. The van der Waals surface area contributed by atoms with Crippen LogP contribution < -0.4 is 0 Å². The van der Waals surface area contributed by atoms with Gasteiger partial charge in [-0.25, -0.2) is 0 Å². The summed E-state index contributed by atoms with van der Waals surface area (Å²) in [7, 11) is 0. The number of ketones is 1. The number of carbonyl (C=O) groups is 1. The van der Waals surface area contributed by atoms with Gasteiger partial charge in [0.2, 0.25) is 0 Å². The van der Waals surface area contributed by atoms with Crippen molar-refractivity contribution in [2.75, 3.05) is 6.26 Å². The van der Waals surface area contributed by atoms with Gasteiger partial charge in [-0.3, -0.25) is 4.79 Å². The third-order valence-electron chi connectivity index (χ3n) is 2.54. The summed E-state index contributed by atoms with van der Waals surface area (Å²) in [6, 6.07) is 7.61. The van der Waals surface area contributed by atoms with Crippen LogP contribution in [-0.4, -0.2) is 16.2 Å². The van der Waals surface area contributed by atoms with Gasteiger partial charge in [-0.1, -0.05) is 48.1 Å². The van der Waals surface area contributed by atoms with Crippen LogP contribution in [0.4, 0.5) is 0 Å². The van der Waals surface area contributed by atoms with Gasteiger partial charge in [-0.15, -0.1) is 18.3 Å². The molecule has 1 aromatic rings. The van der Waals surface area contributed by atoms with E-state index in [2.05, 4.69) is 6.58 Å². The second-order valence-electron chi connectivity index (χ2n) is 3.83. The highest BCUT2D eigenvalue weighted by Crippen LogP contribution is 2.20. The first-order chi connectivity index (χ1) is 8.10. The smallest absolute Gasteiger partial charge is 0.172 e. The van der Waals surface area contributed by atoms with Crippen molar-refractivity contribution in [1.29, 1.82) is 0 Å². The molecule has 0 bridgehead atoms. The Bertz CT molecular complexity index is 420. The van der Waals surface area contributed by atoms with Crippen molar-refractivity contribution in [3.8, 4) is 0 Å². The Morgan fingerprint density at radius 1 is 1.47 bits per heavy atom. The van der Waals surface area contributed by atoms with Gasteiger partial charge in [-0.2, -0.15) is 0 Å². The molecule has 0 heterocycles. The number of hydrogen-bond acceptors (Lipinski definition) is 3. The number of allylic oxidation sites excluding steroid dienone is 1. The first kappa shape index (κ1) is 14.1. The molecule has 0 fully saturated rings. The molecule has 3 heteroatoms. The molecule has 0 spiro atoms. The molecule has 1 unspecified atom stereocenters. The van der Waals surface area contributed by atoms with Crippen LogP contribution in [0.1, 0.15) is 22.3 Å². The van der Waals surface area contributed by atoms with E-state index in [1.165, 1.54) is 11.8 Å². The lowest BCUT2D eigenvalue weighted by atomic mass is 9.95. The first-order valence-electron chi connectivity index (χ1n) is 5.39. The SMILES string of the molecule is C=CCC(C(=O)c1ccc(C)cc1)C(=S)SC. The van der Waals surface area contributed by atoms with E-state index in [4.69, 9.17) is 12.2 Å². The predicted octanol–water partition coefficient (Wildman–Crippen LogP) is 4.06. The first-order valence-corrected chi connectivity index (χ1v) is 7.03. The Labute approximate surface area is 112 Å². The largest absolute Gasteiger partial charge is 0.293 e. The Hall–Kier alpha value is -0.930. The predicted molar refractivity (Wildman–Crippen MR) is 79.9 cm³/mol. The Morgan fingerprint density at radius 3 is 2.53 bits per heavy atom. The van der Waals surface area contributed by atoms with Crippen molar-refractivity contribution in [2.45, 2.75) is 13.3 Å². The van der Waals surface area contributed by atoms with Gasteiger partial charge in [0.15, 0.2) is 5.78 Å². The molecule has 90 valence electrons. The molecule has 1 rings (SSSR count). The van der Waals surface area contributed by atoms with Crippen LogP contribution in [0.15, 0.2) is 36.9 Å². The van der Waals surface area contributed by atoms with Crippen LogP contribution in [0, 0.1) is 12.8 Å². The minimum atomic E-state index is -0.236. The highest BCUT2D eigenvalue weighted by atomic mass is 32.2. The van der Waals surface area contributed by atoms with Crippen LogP contribution in [-0.2, 0) is 0 Å². The summed E-state index contributed by atoms with van der Waals surface area (Å²) in [6.45, 7) is 5.69. The number of thioether (sulfide) groups is 1. The van der Waals surface area contributed by atoms with E-state index in [1.807, 2.05) is 37.4 Å². The molecule has 0 saturated carbocycles. The molecule has 0 aromatic heterocycles. The van der Waals surface area contributed by atoms with E-state index in [9.17, 15) is 4.79 Å². The Morgan fingerprint density at radius 2 is 2.06 bits per heavy atom. The molecule has 0 saturated heterocycles. The average molecular weight is 264 g/mol. The number of Topliss-reactive ketones (excluding diaryl/α,β-unsaturated/α-hetero) is 1. The summed E-state index contributed by atoms with van der Waals surface area (Å²) in [5, 5.41) is 0. The maximum Gasteiger partial charge on any atom is 0.172 e. The molecule has 1 atom stereocenters. The van der Waals surface area contributed by atoms with Gasteiger partial charge in [0, 0.05) is 5.56 Å². The quantitative estimate of drug-likeness (QED) is 0.453. The van der Waals surface area contributed by atoms with Gasteiger partial charge in [0.25, 0.3) is 0 Å². The van der Waals surface area contributed by atoms with E-state index < -0.39 is 0 Å². The lowest BCUT2D eigenvalue weighted by molar-refractivity contribution is 0.0957. The zero-order valence-corrected chi connectivity index (χ0v) is 11.7. The fourth-order valence-electron chi connectivity index (χ4n) is 1.54. The van der Waals surface area contributed by atoms with Gasteiger partial charge in [-0.05, 0) is 19.6 Å². The maximum absolute atomic E-state index is 12.3. The van der Waals surface area contributed by atoms with Crippen LogP contribution in [0.3, 0.4) is 0 Å². The van der Waals surface area contributed by atoms with Gasteiger partial charge >= 0.3 is 0 Å². The number of carbonyl (C=O) groups excluding carboxylic acids is 1. The molecule has 17 heavy (non-hydrogen) atoms. The Balaban J connectivity index is 2.95. The summed E-state index contributed by atoms with van der Waals surface area (Å²) in [5.41, 5.74) is 1.87. The van der Waals surface area contributed by atoms with Crippen molar-refractivity contribution in [2.24, 2.45) is 5.92 Å². The van der Waals surface area contributed by atoms with Crippen LogP contribution in [0.5, 0.6) is 0 Å². The van der Waals surface area contributed by atoms with Crippen LogP contribution in [0.25, 0.3) is 0 Å². The summed E-state index contributed by atoms with van der Waals surface area (Å²) in [6.07, 6.45) is 4.26. The van der Waals surface area contributed by atoms with Crippen molar-refractivity contribution in [3.05, 3.63) is 48.0 Å². The molecule has 1 aromatic carbocycles.